The number of carbonyl (C=O) groups is 2. The minimum absolute atomic E-state index is 0.0346. The van der Waals surface area contributed by atoms with Gasteiger partial charge < -0.3 is 4.98 Å². The van der Waals surface area contributed by atoms with E-state index < -0.39 is 21.8 Å². The molecule has 0 saturated carbocycles. The number of fused-ring (bicyclic) bond motifs is 1. The highest BCUT2D eigenvalue weighted by Gasteiger charge is 2.20. The number of anilines is 1. The van der Waals surface area contributed by atoms with E-state index in [9.17, 15) is 18.0 Å². The van der Waals surface area contributed by atoms with Crippen LogP contribution in [0.1, 0.15) is 21.5 Å². The van der Waals surface area contributed by atoms with Gasteiger partial charge in [-0.05, 0) is 54.4 Å². The van der Waals surface area contributed by atoms with E-state index in [0.29, 0.717) is 5.69 Å². The number of hydrogen-bond acceptors (Lipinski definition) is 4. The molecule has 0 unspecified atom stereocenters. The van der Waals surface area contributed by atoms with Crippen LogP contribution in [-0.2, 0) is 21.2 Å². The number of carbonyl (C=O) groups excluding carboxylic acids is 2. The van der Waals surface area contributed by atoms with Crippen LogP contribution in [0.4, 0.5) is 5.69 Å². The second-order valence-electron chi connectivity index (χ2n) is 7.66. The molecule has 0 bridgehead atoms. The van der Waals surface area contributed by atoms with Gasteiger partial charge in [-0.3, -0.25) is 25.2 Å². The number of nitrogens with one attached hydrogen (secondary N) is 4. The lowest BCUT2D eigenvalue weighted by Gasteiger charge is -2.12. The lowest BCUT2D eigenvalue weighted by atomic mass is 10.1. The number of rotatable bonds is 6. The maximum absolute atomic E-state index is 12.8. The predicted molar refractivity (Wildman–Crippen MR) is 131 cm³/mol. The number of aryl methyl sites for hydroxylation is 1. The van der Waals surface area contributed by atoms with Crippen molar-refractivity contribution in [1.82, 2.24) is 15.8 Å². The van der Waals surface area contributed by atoms with E-state index in [0.717, 1.165) is 28.1 Å². The molecule has 174 valence electrons. The zero-order valence-corrected chi connectivity index (χ0v) is 19.6. The minimum Gasteiger partial charge on any atom is -0.361 e. The Bertz CT molecular complexity index is 1500. The summed E-state index contributed by atoms with van der Waals surface area (Å²) in [6.07, 6.45) is 1.77. The summed E-state index contributed by atoms with van der Waals surface area (Å²) < 4.78 is 28.1. The predicted octanol–water partition coefficient (Wildman–Crippen LogP) is 3.93. The topological polar surface area (TPSA) is 120 Å². The summed E-state index contributed by atoms with van der Waals surface area (Å²) in [7, 11) is -3.97. The molecule has 1 aromatic heterocycles. The van der Waals surface area contributed by atoms with Crippen LogP contribution in [0, 0.1) is 6.92 Å². The first-order valence-corrected chi connectivity index (χ1v) is 12.1. The molecule has 4 rings (SSSR count). The molecule has 0 aliphatic rings. The Morgan fingerprint density at radius 2 is 1.76 bits per heavy atom. The number of sulfonamides is 1. The number of hydrogen-bond donors (Lipinski definition) is 4. The van der Waals surface area contributed by atoms with Crippen molar-refractivity contribution in [2.24, 2.45) is 0 Å². The highest BCUT2D eigenvalue weighted by Crippen LogP contribution is 2.23. The van der Waals surface area contributed by atoms with Crippen molar-refractivity contribution in [3.05, 3.63) is 94.6 Å². The normalized spacial score (nSPS) is 11.2. The second-order valence-corrected chi connectivity index (χ2v) is 9.74. The molecule has 0 fully saturated rings. The Balaban J connectivity index is 1.44. The third-order valence-corrected chi connectivity index (χ3v) is 6.81. The van der Waals surface area contributed by atoms with Crippen molar-refractivity contribution in [1.29, 1.82) is 0 Å². The summed E-state index contributed by atoms with van der Waals surface area (Å²) in [5.74, 6) is -1.19. The van der Waals surface area contributed by atoms with E-state index in [1.807, 2.05) is 37.3 Å². The fraction of sp³-hybridized carbons (Fsp3) is 0.0833. The molecule has 0 spiro atoms. The summed E-state index contributed by atoms with van der Waals surface area (Å²) in [5, 5.41) is 0.948. The molecule has 2 amide bonds. The fourth-order valence-corrected chi connectivity index (χ4v) is 4.74. The van der Waals surface area contributed by atoms with Gasteiger partial charge in [0.25, 0.3) is 15.9 Å². The molecule has 0 aliphatic heterocycles. The number of aromatic amines is 1. The molecule has 4 N–H and O–H groups in total. The van der Waals surface area contributed by atoms with E-state index in [1.54, 1.807) is 24.4 Å². The zero-order chi connectivity index (χ0) is 24.3. The number of aromatic nitrogens is 1. The highest BCUT2D eigenvalue weighted by atomic mass is 35.5. The maximum Gasteiger partial charge on any atom is 0.271 e. The quantitative estimate of drug-likeness (QED) is 0.302. The number of hydrazine groups is 1. The molecule has 0 aliphatic carbocycles. The van der Waals surface area contributed by atoms with E-state index in [2.05, 4.69) is 20.6 Å². The number of halogens is 1. The van der Waals surface area contributed by atoms with Crippen molar-refractivity contribution in [3.8, 4) is 0 Å². The summed E-state index contributed by atoms with van der Waals surface area (Å²) in [5.41, 5.74) is 7.49. The summed E-state index contributed by atoms with van der Waals surface area (Å²) in [6, 6.07) is 18.2. The van der Waals surface area contributed by atoms with Gasteiger partial charge in [-0.1, -0.05) is 41.9 Å². The minimum atomic E-state index is -3.97. The second kappa shape index (κ2) is 9.58. The van der Waals surface area contributed by atoms with Gasteiger partial charge in [0.15, 0.2) is 0 Å². The van der Waals surface area contributed by atoms with E-state index >= 15 is 0 Å². The lowest BCUT2D eigenvalue weighted by Crippen LogP contribution is -2.42. The smallest absolute Gasteiger partial charge is 0.271 e. The van der Waals surface area contributed by atoms with Gasteiger partial charge in [-0.15, -0.1) is 0 Å². The van der Waals surface area contributed by atoms with E-state index in [1.165, 1.54) is 12.1 Å². The lowest BCUT2D eigenvalue weighted by molar-refractivity contribution is -0.121. The van der Waals surface area contributed by atoms with Crippen molar-refractivity contribution >= 4 is 50.0 Å². The first-order valence-electron chi connectivity index (χ1n) is 10.3. The highest BCUT2D eigenvalue weighted by molar-refractivity contribution is 7.92. The fourth-order valence-electron chi connectivity index (χ4n) is 3.46. The van der Waals surface area contributed by atoms with Crippen molar-refractivity contribution in [3.63, 3.8) is 0 Å². The SMILES string of the molecule is Cc1cccc(NS(=O)(=O)c2ccc(Cl)c(C(=O)NNC(=O)Cc3c[nH]c4ccccc34)c2)c1. The largest absolute Gasteiger partial charge is 0.361 e. The molecule has 0 atom stereocenters. The van der Waals surface area contributed by atoms with Crippen LogP contribution >= 0.6 is 11.6 Å². The Morgan fingerprint density at radius 3 is 2.56 bits per heavy atom. The summed E-state index contributed by atoms with van der Waals surface area (Å²) in [6.45, 7) is 1.84. The van der Waals surface area contributed by atoms with Gasteiger partial charge >= 0.3 is 0 Å². The third kappa shape index (κ3) is 5.22. The van der Waals surface area contributed by atoms with Gasteiger partial charge in [-0.25, -0.2) is 8.42 Å². The first-order chi connectivity index (χ1) is 16.2. The number of benzene rings is 3. The molecule has 8 nitrogen and oxygen atoms in total. The number of amides is 2. The molecule has 0 radical (unpaired) electrons. The van der Waals surface area contributed by atoms with Crippen molar-refractivity contribution in [2.45, 2.75) is 18.2 Å². The molecule has 1 heterocycles. The summed E-state index contributed by atoms with van der Waals surface area (Å²) >= 11 is 6.13. The first kappa shape index (κ1) is 23.3. The Kier molecular flexibility index (Phi) is 6.58. The van der Waals surface area contributed by atoms with Crippen LogP contribution in [0.15, 0.2) is 77.8 Å². The molecule has 0 saturated heterocycles. The molecular weight excluding hydrogens is 476 g/mol. The van der Waals surface area contributed by atoms with Crippen LogP contribution in [0.3, 0.4) is 0 Å². The van der Waals surface area contributed by atoms with Crippen LogP contribution in [0.25, 0.3) is 10.9 Å². The zero-order valence-electron chi connectivity index (χ0n) is 18.1. The average molecular weight is 497 g/mol. The molecule has 10 heteroatoms. The standard InChI is InChI=1S/C24H21ClN4O4S/c1-15-5-4-6-17(11-15)29-34(32,33)18-9-10-21(25)20(13-18)24(31)28-27-23(30)12-16-14-26-22-8-3-2-7-19(16)22/h2-11,13-14,26,29H,12H2,1H3,(H,27,30)(H,28,31). The Labute approximate surface area is 201 Å². The molecule has 4 aromatic rings. The van der Waals surface area contributed by atoms with Crippen LogP contribution in [-0.4, -0.2) is 25.2 Å². The van der Waals surface area contributed by atoms with Gasteiger partial charge in [0.05, 0.1) is 21.9 Å². The van der Waals surface area contributed by atoms with Crippen LogP contribution in [0.2, 0.25) is 5.02 Å². The molecule has 34 heavy (non-hydrogen) atoms. The van der Waals surface area contributed by atoms with Gasteiger partial charge in [0, 0.05) is 22.8 Å². The van der Waals surface area contributed by atoms with E-state index in [4.69, 9.17) is 11.6 Å². The van der Waals surface area contributed by atoms with Crippen molar-refractivity contribution in [2.75, 3.05) is 4.72 Å². The third-order valence-electron chi connectivity index (χ3n) is 5.10. The average Bonchev–Trinajstić information content (AvgIpc) is 3.20. The monoisotopic (exact) mass is 496 g/mol. The Hall–Kier alpha value is -3.82. The van der Waals surface area contributed by atoms with Gasteiger partial charge in [0.1, 0.15) is 0 Å². The Morgan fingerprint density at radius 1 is 0.971 bits per heavy atom. The van der Waals surface area contributed by atoms with Gasteiger partial charge in [-0.2, -0.15) is 0 Å². The summed E-state index contributed by atoms with van der Waals surface area (Å²) in [4.78, 5) is 27.9. The van der Waals surface area contributed by atoms with Crippen LogP contribution < -0.4 is 15.6 Å². The van der Waals surface area contributed by atoms with Crippen molar-refractivity contribution < 1.29 is 18.0 Å². The van der Waals surface area contributed by atoms with Crippen LogP contribution in [0.5, 0.6) is 0 Å². The van der Waals surface area contributed by atoms with Gasteiger partial charge in [0.2, 0.25) is 5.91 Å². The number of para-hydroxylation sites is 1. The number of H-pyrrole nitrogens is 1. The van der Waals surface area contributed by atoms with E-state index in [-0.39, 0.29) is 21.9 Å². The molecule has 3 aromatic carbocycles. The molecular formula is C24H21ClN4O4S. The maximum atomic E-state index is 12.8.